The third kappa shape index (κ3) is 3.57. The van der Waals surface area contributed by atoms with E-state index >= 15 is 0 Å². The number of halogens is 1. The maximum Gasteiger partial charge on any atom is 0.338 e. The predicted molar refractivity (Wildman–Crippen MR) is 110 cm³/mol. The zero-order chi connectivity index (χ0) is 19.7. The molecule has 2 aromatic rings. The summed E-state index contributed by atoms with van der Waals surface area (Å²) < 4.78 is 5.56. The highest BCUT2D eigenvalue weighted by Crippen LogP contribution is 2.41. The van der Waals surface area contributed by atoms with Gasteiger partial charge in [0.2, 0.25) is 5.91 Å². The molecule has 1 atom stereocenters. The van der Waals surface area contributed by atoms with E-state index in [4.69, 9.17) is 16.3 Å². The number of hydrogen-bond acceptors (Lipinski definition) is 5. The van der Waals surface area contributed by atoms with Gasteiger partial charge in [0.05, 0.1) is 23.1 Å². The Bertz CT molecular complexity index is 986. The van der Waals surface area contributed by atoms with Crippen LogP contribution in [0.4, 0.5) is 0 Å². The van der Waals surface area contributed by atoms with Crippen molar-refractivity contribution >= 4 is 40.4 Å². The largest absolute Gasteiger partial charge is 0.457 e. The first-order valence-electron chi connectivity index (χ1n) is 8.75. The van der Waals surface area contributed by atoms with Gasteiger partial charge in [-0.25, -0.2) is 9.79 Å². The summed E-state index contributed by atoms with van der Waals surface area (Å²) in [6.45, 7) is 1.93. The molecule has 2 aromatic carbocycles. The SMILES string of the molecule is CC1=C(C(=O)OCc2ccccc2)C(c2ccc(Cl)cc2)N2C(=O)CSC2=N1. The number of amidine groups is 1. The van der Waals surface area contributed by atoms with Crippen LogP contribution < -0.4 is 0 Å². The third-order valence-electron chi connectivity index (χ3n) is 4.60. The van der Waals surface area contributed by atoms with Crippen molar-refractivity contribution < 1.29 is 14.3 Å². The third-order valence-corrected chi connectivity index (χ3v) is 5.79. The molecule has 0 radical (unpaired) electrons. The average molecular weight is 413 g/mol. The number of fused-ring (bicyclic) bond motifs is 1. The van der Waals surface area contributed by atoms with Gasteiger partial charge in [0.25, 0.3) is 0 Å². The van der Waals surface area contributed by atoms with E-state index in [0.29, 0.717) is 27.2 Å². The fourth-order valence-electron chi connectivity index (χ4n) is 3.26. The van der Waals surface area contributed by atoms with Crippen molar-refractivity contribution in [3.63, 3.8) is 0 Å². The maximum absolute atomic E-state index is 13.0. The molecule has 2 aliphatic heterocycles. The molecule has 5 nitrogen and oxygen atoms in total. The maximum atomic E-state index is 13.0. The van der Waals surface area contributed by atoms with Gasteiger partial charge in [0, 0.05) is 5.02 Å². The second-order valence-electron chi connectivity index (χ2n) is 6.46. The lowest BCUT2D eigenvalue weighted by Gasteiger charge is -2.33. The summed E-state index contributed by atoms with van der Waals surface area (Å²) >= 11 is 7.40. The summed E-state index contributed by atoms with van der Waals surface area (Å²) in [4.78, 5) is 31.6. The number of benzene rings is 2. The molecule has 2 aliphatic rings. The number of allylic oxidation sites excluding steroid dienone is 1. The van der Waals surface area contributed by atoms with Crippen LogP contribution in [0.15, 0.2) is 70.9 Å². The average Bonchev–Trinajstić information content (AvgIpc) is 3.07. The summed E-state index contributed by atoms with van der Waals surface area (Å²) in [5.74, 6) is -0.249. The Hall–Kier alpha value is -2.57. The Balaban J connectivity index is 1.69. The summed E-state index contributed by atoms with van der Waals surface area (Å²) in [5.41, 5.74) is 2.62. The molecule has 0 N–H and O–H groups in total. The van der Waals surface area contributed by atoms with Gasteiger partial charge in [-0.05, 0) is 30.2 Å². The number of nitrogens with zero attached hydrogens (tertiary/aromatic N) is 2. The van der Waals surface area contributed by atoms with Crippen LogP contribution in [0, 0.1) is 0 Å². The van der Waals surface area contributed by atoms with E-state index in [1.165, 1.54) is 11.8 Å². The molecule has 142 valence electrons. The highest BCUT2D eigenvalue weighted by Gasteiger charge is 2.43. The Kier molecular flexibility index (Phi) is 5.24. The summed E-state index contributed by atoms with van der Waals surface area (Å²) in [6, 6.07) is 16.0. The predicted octanol–water partition coefficient (Wildman–Crippen LogP) is 4.34. The molecule has 0 saturated carbocycles. The number of thioether (sulfide) groups is 1. The van der Waals surface area contributed by atoms with E-state index < -0.39 is 12.0 Å². The van der Waals surface area contributed by atoms with E-state index in [1.54, 1.807) is 24.0 Å². The zero-order valence-electron chi connectivity index (χ0n) is 15.1. The standard InChI is InChI=1S/C21H17ClN2O3S/c1-13-18(20(26)27-11-14-5-3-2-4-6-14)19(15-7-9-16(22)10-8-15)24-17(25)12-28-21(24)23-13/h2-10,19H,11-12H2,1H3. The van der Waals surface area contributed by atoms with Crippen LogP contribution in [0.3, 0.4) is 0 Å². The molecular weight excluding hydrogens is 396 g/mol. The normalized spacial score (nSPS) is 18.8. The number of carbonyl (C=O) groups excluding carboxylic acids is 2. The molecule has 7 heteroatoms. The van der Waals surface area contributed by atoms with Gasteiger partial charge in [-0.3, -0.25) is 9.69 Å². The monoisotopic (exact) mass is 412 g/mol. The highest BCUT2D eigenvalue weighted by molar-refractivity contribution is 8.15. The lowest BCUT2D eigenvalue weighted by molar-refractivity contribution is -0.141. The van der Waals surface area contributed by atoms with Crippen LogP contribution in [-0.4, -0.2) is 27.7 Å². The molecule has 1 unspecified atom stereocenters. The quantitative estimate of drug-likeness (QED) is 0.701. The van der Waals surface area contributed by atoms with Gasteiger partial charge in [0.15, 0.2) is 5.17 Å². The number of carbonyl (C=O) groups is 2. The van der Waals surface area contributed by atoms with Gasteiger partial charge >= 0.3 is 5.97 Å². The molecule has 1 fully saturated rings. The van der Waals surface area contributed by atoms with Crippen molar-refractivity contribution in [2.24, 2.45) is 4.99 Å². The zero-order valence-corrected chi connectivity index (χ0v) is 16.7. The van der Waals surface area contributed by atoms with Crippen LogP contribution in [0.5, 0.6) is 0 Å². The first-order valence-corrected chi connectivity index (χ1v) is 10.1. The van der Waals surface area contributed by atoms with Crippen molar-refractivity contribution in [3.05, 3.63) is 82.0 Å². The summed E-state index contributed by atoms with van der Waals surface area (Å²) in [6.07, 6.45) is 0. The van der Waals surface area contributed by atoms with Gasteiger partial charge < -0.3 is 4.74 Å². The van der Waals surface area contributed by atoms with Crippen molar-refractivity contribution in [2.45, 2.75) is 19.6 Å². The first-order chi connectivity index (χ1) is 13.5. The Morgan fingerprint density at radius 2 is 1.93 bits per heavy atom. The highest BCUT2D eigenvalue weighted by atomic mass is 35.5. The lowest BCUT2D eigenvalue weighted by Crippen LogP contribution is -2.39. The number of esters is 1. The first kappa shape index (κ1) is 18.8. The molecule has 0 aliphatic carbocycles. The van der Waals surface area contributed by atoms with Crippen LogP contribution >= 0.6 is 23.4 Å². The van der Waals surface area contributed by atoms with Crippen LogP contribution in [-0.2, 0) is 20.9 Å². The van der Waals surface area contributed by atoms with E-state index in [2.05, 4.69) is 4.99 Å². The van der Waals surface area contributed by atoms with Crippen molar-refractivity contribution in [1.29, 1.82) is 0 Å². The van der Waals surface area contributed by atoms with E-state index in [0.717, 1.165) is 11.1 Å². The second kappa shape index (κ2) is 7.81. The second-order valence-corrected chi connectivity index (χ2v) is 7.84. The smallest absolute Gasteiger partial charge is 0.338 e. The van der Waals surface area contributed by atoms with Crippen LogP contribution in [0.25, 0.3) is 0 Å². The van der Waals surface area contributed by atoms with E-state index in [-0.39, 0.29) is 12.5 Å². The Morgan fingerprint density at radius 1 is 1.21 bits per heavy atom. The van der Waals surface area contributed by atoms with Crippen LogP contribution in [0.2, 0.25) is 5.02 Å². The lowest BCUT2D eigenvalue weighted by atomic mass is 9.94. The molecule has 0 spiro atoms. The molecule has 0 aromatic heterocycles. The molecule has 28 heavy (non-hydrogen) atoms. The Labute approximate surface area is 172 Å². The fourth-order valence-corrected chi connectivity index (χ4v) is 4.33. The van der Waals surface area contributed by atoms with Gasteiger partial charge in [0.1, 0.15) is 6.61 Å². The summed E-state index contributed by atoms with van der Waals surface area (Å²) in [7, 11) is 0. The minimum atomic E-state index is -0.574. The van der Waals surface area contributed by atoms with Gasteiger partial charge in [-0.2, -0.15) is 0 Å². The van der Waals surface area contributed by atoms with E-state index in [9.17, 15) is 9.59 Å². The number of amides is 1. The minimum absolute atomic E-state index is 0.0791. The van der Waals surface area contributed by atoms with Gasteiger partial charge in [-0.1, -0.05) is 65.8 Å². The molecule has 2 heterocycles. The van der Waals surface area contributed by atoms with Crippen molar-refractivity contribution in [3.8, 4) is 0 Å². The number of ether oxygens (including phenoxy) is 1. The molecule has 1 saturated heterocycles. The number of hydrogen-bond donors (Lipinski definition) is 0. The number of aliphatic imine (C=N–C) groups is 1. The van der Waals surface area contributed by atoms with Gasteiger partial charge in [-0.15, -0.1) is 0 Å². The Morgan fingerprint density at radius 3 is 2.64 bits per heavy atom. The molecule has 0 bridgehead atoms. The number of rotatable bonds is 4. The fraction of sp³-hybridized carbons (Fsp3) is 0.190. The summed E-state index contributed by atoms with van der Waals surface area (Å²) in [5, 5.41) is 1.20. The molecule has 4 rings (SSSR count). The molecular formula is C21H17ClN2O3S. The van der Waals surface area contributed by atoms with Crippen LogP contribution in [0.1, 0.15) is 24.1 Å². The minimum Gasteiger partial charge on any atom is -0.457 e. The van der Waals surface area contributed by atoms with Crippen molar-refractivity contribution in [1.82, 2.24) is 4.90 Å². The topological polar surface area (TPSA) is 59.0 Å². The van der Waals surface area contributed by atoms with Crippen molar-refractivity contribution in [2.75, 3.05) is 5.75 Å². The molecule has 1 amide bonds. The van der Waals surface area contributed by atoms with E-state index in [1.807, 2.05) is 42.5 Å².